The Kier molecular flexibility index (Phi) is 5.95. The van der Waals surface area contributed by atoms with Gasteiger partial charge >= 0.3 is 5.97 Å². The number of carboxylic acids is 1. The van der Waals surface area contributed by atoms with Crippen molar-refractivity contribution in [2.24, 2.45) is 0 Å². The van der Waals surface area contributed by atoms with Crippen LogP contribution in [0.4, 0.5) is 0 Å². The zero-order valence-electron chi connectivity index (χ0n) is 12.9. The molecule has 1 unspecified atom stereocenters. The number of carboxylic acid groups (broad SMARTS) is 1. The van der Waals surface area contributed by atoms with Crippen molar-refractivity contribution in [3.63, 3.8) is 0 Å². The summed E-state index contributed by atoms with van der Waals surface area (Å²) < 4.78 is 5.25. The zero-order valence-corrected chi connectivity index (χ0v) is 12.9. The molecule has 1 rings (SSSR count). The van der Waals surface area contributed by atoms with Gasteiger partial charge in [-0.05, 0) is 27.7 Å². The lowest BCUT2D eigenvalue weighted by Crippen LogP contribution is -2.56. The van der Waals surface area contributed by atoms with E-state index in [1.807, 2.05) is 32.6 Å². The summed E-state index contributed by atoms with van der Waals surface area (Å²) in [6, 6.07) is -0.326. The lowest BCUT2D eigenvalue weighted by molar-refractivity contribution is -0.144. The van der Waals surface area contributed by atoms with Gasteiger partial charge in [0.25, 0.3) is 0 Å². The van der Waals surface area contributed by atoms with Gasteiger partial charge in [0, 0.05) is 25.2 Å². The number of ether oxygens (including phenoxy) is 1. The third kappa shape index (κ3) is 4.76. The molecule has 1 amide bonds. The van der Waals surface area contributed by atoms with Crippen molar-refractivity contribution < 1.29 is 19.4 Å². The van der Waals surface area contributed by atoms with Crippen molar-refractivity contribution >= 4 is 11.9 Å². The fraction of sp³-hybridized carbons (Fsp3) is 0.857. The number of aliphatic carboxylic acids is 1. The highest BCUT2D eigenvalue weighted by molar-refractivity contribution is 5.81. The van der Waals surface area contributed by atoms with Gasteiger partial charge in [0.1, 0.15) is 0 Å². The molecule has 116 valence electrons. The Balaban J connectivity index is 2.72. The van der Waals surface area contributed by atoms with Crippen molar-refractivity contribution in [1.29, 1.82) is 0 Å². The average molecular weight is 286 g/mol. The van der Waals surface area contributed by atoms with E-state index in [1.54, 1.807) is 4.90 Å². The number of amides is 1. The molecule has 1 aliphatic heterocycles. The molecule has 1 saturated heterocycles. The van der Waals surface area contributed by atoms with E-state index in [9.17, 15) is 9.59 Å². The highest BCUT2D eigenvalue weighted by Gasteiger charge is 2.33. The molecule has 0 spiro atoms. The molecule has 1 atom stereocenters. The normalized spacial score (nSPS) is 18.1. The summed E-state index contributed by atoms with van der Waals surface area (Å²) in [5.41, 5.74) is -0.253. The minimum Gasteiger partial charge on any atom is -0.481 e. The SMILES string of the molecule is CC(C(=O)N1CCOCC1)N(CCC(=O)O)C(C)(C)C. The first-order chi connectivity index (χ1) is 9.23. The van der Waals surface area contributed by atoms with Crippen LogP contribution in [0.2, 0.25) is 0 Å². The van der Waals surface area contributed by atoms with Crippen LogP contribution >= 0.6 is 0 Å². The van der Waals surface area contributed by atoms with Crippen molar-refractivity contribution in [3.05, 3.63) is 0 Å². The minimum absolute atomic E-state index is 0.0397. The molecule has 0 aliphatic carbocycles. The van der Waals surface area contributed by atoms with Gasteiger partial charge in [-0.25, -0.2) is 0 Å². The highest BCUT2D eigenvalue weighted by Crippen LogP contribution is 2.19. The fourth-order valence-electron chi connectivity index (χ4n) is 2.51. The summed E-state index contributed by atoms with van der Waals surface area (Å²) in [5, 5.41) is 8.86. The number of carbonyl (C=O) groups excluding carboxylic acids is 1. The molecular weight excluding hydrogens is 260 g/mol. The fourth-order valence-corrected chi connectivity index (χ4v) is 2.51. The maximum Gasteiger partial charge on any atom is 0.304 e. The number of hydrogen-bond acceptors (Lipinski definition) is 4. The summed E-state index contributed by atoms with van der Waals surface area (Å²) in [4.78, 5) is 27.1. The van der Waals surface area contributed by atoms with Gasteiger partial charge in [0.05, 0.1) is 25.7 Å². The molecule has 0 radical (unpaired) electrons. The molecule has 6 nitrogen and oxygen atoms in total. The van der Waals surface area contributed by atoms with Gasteiger partial charge in [-0.3, -0.25) is 14.5 Å². The molecule has 1 fully saturated rings. The van der Waals surface area contributed by atoms with E-state index < -0.39 is 5.97 Å². The molecule has 0 bridgehead atoms. The van der Waals surface area contributed by atoms with E-state index in [0.29, 0.717) is 32.8 Å². The molecule has 6 heteroatoms. The minimum atomic E-state index is -0.842. The second-order valence-corrected chi connectivity index (χ2v) is 6.12. The van der Waals surface area contributed by atoms with E-state index in [0.717, 1.165) is 0 Å². The highest BCUT2D eigenvalue weighted by atomic mass is 16.5. The van der Waals surface area contributed by atoms with Crippen molar-refractivity contribution in [1.82, 2.24) is 9.80 Å². The first-order valence-corrected chi connectivity index (χ1v) is 7.08. The maximum absolute atomic E-state index is 12.5. The molecule has 0 aromatic rings. The van der Waals surface area contributed by atoms with Gasteiger partial charge in [0.15, 0.2) is 0 Å². The van der Waals surface area contributed by atoms with Gasteiger partial charge < -0.3 is 14.7 Å². The summed E-state index contributed by atoms with van der Waals surface area (Å²) in [5.74, 6) is -0.793. The van der Waals surface area contributed by atoms with Crippen LogP contribution in [-0.2, 0) is 14.3 Å². The summed E-state index contributed by atoms with van der Waals surface area (Å²) >= 11 is 0. The van der Waals surface area contributed by atoms with Crippen LogP contribution in [0.5, 0.6) is 0 Å². The average Bonchev–Trinajstić information content (AvgIpc) is 2.37. The Morgan fingerprint density at radius 1 is 1.30 bits per heavy atom. The van der Waals surface area contributed by atoms with Gasteiger partial charge in [-0.15, -0.1) is 0 Å². The van der Waals surface area contributed by atoms with Crippen LogP contribution in [-0.4, -0.2) is 71.2 Å². The largest absolute Gasteiger partial charge is 0.481 e. The zero-order chi connectivity index (χ0) is 15.3. The van der Waals surface area contributed by atoms with Gasteiger partial charge in [-0.1, -0.05) is 0 Å². The first kappa shape index (κ1) is 16.9. The predicted octanol–water partition coefficient (Wildman–Crippen LogP) is 0.809. The smallest absolute Gasteiger partial charge is 0.304 e. The second-order valence-electron chi connectivity index (χ2n) is 6.12. The van der Waals surface area contributed by atoms with Crippen LogP contribution in [0.25, 0.3) is 0 Å². The van der Waals surface area contributed by atoms with Crippen LogP contribution in [0.1, 0.15) is 34.1 Å². The third-order valence-corrected chi connectivity index (χ3v) is 3.58. The molecule has 0 saturated carbocycles. The standard InChI is InChI=1S/C14H26N2O4/c1-11(13(19)15-7-9-20-10-8-15)16(14(2,3)4)6-5-12(17)18/h11H,5-10H2,1-4H3,(H,17,18). The quantitative estimate of drug-likeness (QED) is 0.810. The topological polar surface area (TPSA) is 70.1 Å². The van der Waals surface area contributed by atoms with E-state index in [1.165, 1.54) is 0 Å². The number of rotatable bonds is 5. The molecular formula is C14H26N2O4. The number of carbonyl (C=O) groups is 2. The lowest BCUT2D eigenvalue weighted by Gasteiger charge is -2.41. The number of nitrogens with zero attached hydrogens (tertiary/aromatic N) is 2. The Hall–Kier alpha value is -1.14. The third-order valence-electron chi connectivity index (χ3n) is 3.58. The van der Waals surface area contributed by atoms with Crippen LogP contribution < -0.4 is 0 Å². The predicted molar refractivity (Wildman–Crippen MR) is 75.6 cm³/mol. The molecule has 20 heavy (non-hydrogen) atoms. The van der Waals surface area contributed by atoms with Gasteiger partial charge in [-0.2, -0.15) is 0 Å². The monoisotopic (exact) mass is 286 g/mol. The molecule has 1 aliphatic rings. The van der Waals surface area contributed by atoms with Crippen molar-refractivity contribution in [3.8, 4) is 0 Å². The van der Waals surface area contributed by atoms with Crippen LogP contribution in [0.15, 0.2) is 0 Å². The molecule has 1 N–H and O–H groups in total. The summed E-state index contributed by atoms with van der Waals surface area (Å²) in [7, 11) is 0. The molecule has 0 aromatic heterocycles. The van der Waals surface area contributed by atoms with E-state index >= 15 is 0 Å². The Morgan fingerprint density at radius 2 is 1.85 bits per heavy atom. The second kappa shape index (κ2) is 7.04. The van der Waals surface area contributed by atoms with E-state index in [-0.39, 0.29) is 23.9 Å². The van der Waals surface area contributed by atoms with Gasteiger partial charge in [0.2, 0.25) is 5.91 Å². The van der Waals surface area contributed by atoms with Crippen LogP contribution in [0, 0.1) is 0 Å². The van der Waals surface area contributed by atoms with Crippen molar-refractivity contribution in [2.45, 2.75) is 45.7 Å². The van der Waals surface area contributed by atoms with E-state index in [4.69, 9.17) is 9.84 Å². The number of morpholine rings is 1. The molecule has 0 aromatic carbocycles. The Bertz CT molecular complexity index is 346. The lowest BCUT2D eigenvalue weighted by atomic mass is 10.0. The van der Waals surface area contributed by atoms with Crippen LogP contribution in [0.3, 0.4) is 0 Å². The maximum atomic E-state index is 12.5. The summed E-state index contributed by atoms with van der Waals surface area (Å²) in [6.45, 7) is 10.6. The van der Waals surface area contributed by atoms with Crippen molar-refractivity contribution in [2.75, 3.05) is 32.8 Å². The first-order valence-electron chi connectivity index (χ1n) is 7.08. The van der Waals surface area contributed by atoms with E-state index in [2.05, 4.69) is 0 Å². The summed E-state index contributed by atoms with van der Waals surface area (Å²) in [6.07, 6.45) is 0.0397. The Labute approximate surface area is 120 Å². The molecule has 1 heterocycles. The Morgan fingerprint density at radius 3 is 2.30 bits per heavy atom. The number of hydrogen-bond donors (Lipinski definition) is 1.